The van der Waals surface area contributed by atoms with Crippen LogP contribution >= 0.6 is 24.0 Å². The maximum Gasteiger partial charge on any atom is 0.229 e. The van der Waals surface area contributed by atoms with Gasteiger partial charge < -0.3 is 25.1 Å². The quantitative estimate of drug-likeness (QED) is 0.324. The molecular weight excluding hydrogens is 471 g/mol. The van der Waals surface area contributed by atoms with Crippen molar-refractivity contribution in [2.24, 2.45) is 4.99 Å². The van der Waals surface area contributed by atoms with Gasteiger partial charge in [0.05, 0.1) is 18.8 Å². The summed E-state index contributed by atoms with van der Waals surface area (Å²) in [6, 6.07) is 13.0. The van der Waals surface area contributed by atoms with E-state index in [0.29, 0.717) is 31.2 Å². The number of amides is 1. The predicted molar refractivity (Wildman–Crippen MR) is 120 cm³/mol. The second kappa shape index (κ2) is 9.92. The van der Waals surface area contributed by atoms with Crippen molar-refractivity contribution in [3.8, 4) is 0 Å². The zero-order valence-electron chi connectivity index (χ0n) is 16.1. The van der Waals surface area contributed by atoms with Crippen LogP contribution in [-0.4, -0.2) is 42.6 Å². The summed E-state index contributed by atoms with van der Waals surface area (Å²) in [4.78, 5) is 18.6. The standard InChI is InChI=1S/C20H26N4O3.HI/c1-3-21-19(22-14-20(2,26)17-10-7-11-27-17)23-15-12-18(25)24(13-15)16-8-5-4-6-9-16;/h4-11,15,26H,3,12-14H2,1-2H3,(H2,21,22,23);1H. The molecule has 1 aromatic carbocycles. The fraction of sp³-hybridized carbons (Fsp3) is 0.400. The maximum atomic E-state index is 12.4. The van der Waals surface area contributed by atoms with Crippen LogP contribution in [0.1, 0.15) is 26.0 Å². The number of carbonyl (C=O) groups is 1. The number of nitrogens with zero attached hydrogens (tertiary/aromatic N) is 2. The number of aliphatic hydroxyl groups is 1. The summed E-state index contributed by atoms with van der Waals surface area (Å²) in [5.41, 5.74) is -0.303. The van der Waals surface area contributed by atoms with Crippen molar-refractivity contribution < 1.29 is 14.3 Å². The van der Waals surface area contributed by atoms with Crippen LogP contribution < -0.4 is 15.5 Å². The van der Waals surface area contributed by atoms with Crippen LogP contribution in [0.3, 0.4) is 0 Å². The Morgan fingerprint density at radius 3 is 2.71 bits per heavy atom. The number of para-hydroxylation sites is 1. The van der Waals surface area contributed by atoms with Crippen molar-refractivity contribution in [1.82, 2.24) is 10.6 Å². The number of carbonyl (C=O) groups excluding carboxylic acids is 1. The Morgan fingerprint density at radius 1 is 1.32 bits per heavy atom. The number of hydrogen-bond donors (Lipinski definition) is 3. The lowest BCUT2D eigenvalue weighted by molar-refractivity contribution is -0.117. The molecule has 2 unspecified atom stereocenters. The molecule has 28 heavy (non-hydrogen) atoms. The molecule has 2 atom stereocenters. The molecule has 0 spiro atoms. The first-order chi connectivity index (χ1) is 13.0. The summed E-state index contributed by atoms with van der Waals surface area (Å²) in [5, 5.41) is 17.0. The lowest BCUT2D eigenvalue weighted by atomic mass is 10.0. The van der Waals surface area contributed by atoms with Gasteiger partial charge in [0.2, 0.25) is 5.91 Å². The molecule has 3 rings (SSSR count). The van der Waals surface area contributed by atoms with Crippen LogP contribution in [-0.2, 0) is 10.4 Å². The zero-order valence-corrected chi connectivity index (χ0v) is 18.4. The SMILES string of the molecule is CCNC(=NCC(C)(O)c1ccco1)NC1CC(=O)N(c2ccccc2)C1.I. The van der Waals surface area contributed by atoms with Crippen LogP contribution in [0.5, 0.6) is 0 Å². The first kappa shape index (κ1) is 22.2. The van der Waals surface area contributed by atoms with Crippen LogP contribution in [0.4, 0.5) is 5.69 Å². The Balaban J connectivity index is 0.00000280. The molecule has 0 saturated carbocycles. The van der Waals surface area contributed by atoms with E-state index < -0.39 is 5.60 Å². The summed E-state index contributed by atoms with van der Waals surface area (Å²) < 4.78 is 5.29. The highest BCUT2D eigenvalue weighted by atomic mass is 127. The van der Waals surface area contributed by atoms with Crippen molar-refractivity contribution in [2.45, 2.75) is 31.9 Å². The number of anilines is 1. The van der Waals surface area contributed by atoms with Gasteiger partial charge in [0.15, 0.2) is 5.96 Å². The fourth-order valence-electron chi connectivity index (χ4n) is 3.07. The van der Waals surface area contributed by atoms with Crippen molar-refractivity contribution >= 4 is 41.5 Å². The number of furan rings is 1. The van der Waals surface area contributed by atoms with Crippen molar-refractivity contribution in [3.63, 3.8) is 0 Å². The van der Waals surface area contributed by atoms with Gasteiger partial charge in [-0.25, -0.2) is 4.99 Å². The molecule has 152 valence electrons. The summed E-state index contributed by atoms with van der Waals surface area (Å²) in [5.74, 6) is 1.11. The topological polar surface area (TPSA) is 90.1 Å². The summed E-state index contributed by atoms with van der Waals surface area (Å²) in [7, 11) is 0. The van der Waals surface area contributed by atoms with Gasteiger partial charge in [-0.1, -0.05) is 18.2 Å². The van der Waals surface area contributed by atoms with Crippen molar-refractivity contribution in [2.75, 3.05) is 24.5 Å². The number of hydrogen-bond acceptors (Lipinski definition) is 4. The molecule has 1 aromatic heterocycles. The van der Waals surface area contributed by atoms with Gasteiger partial charge in [-0.3, -0.25) is 4.79 Å². The van der Waals surface area contributed by atoms with Gasteiger partial charge >= 0.3 is 0 Å². The summed E-state index contributed by atoms with van der Waals surface area (Å²) >= 11 is 0. The number of benzene rings is 1. The highest BCUT2D eigenvalue weighted by Gasteiger charge is 2.31. The van der Waals surface area contributed by atoms with E-state index in [2.05, 4.69) is 15.6 Å². The minimum Gasteiger partial charge on any atom is -0.466 e. The Morgan fingerprint density at radius 2 is 2.07 bits per heavy atom. The molecule has 2 aromatic rings. The molecule has 1 saturated heterocycles. The van der Waals surface area contributed by atoms with Gasteiger partial charge in [0.25, 0.3) is 0 Å². The van der Waals surface area contributed by atoms with Crippen LogP contribution in [0.15, 0.2) is 58.1 Å². The molecule has 1 fully saturated rings. The zero-order chi connectivity index (χ0) is 19.3. The molecule has 7 nitrogen and oxygen atoms in total. The smallest absolute Gasteiger partial charge is 0.229 e. The largest absolute Gasteiger partial charge is 0.466 e. The third-order valence-corrected chi connectivity index (χ3v) is 4.48. The highest BCUT2D eigenvalue weighted by Crippen LogP contribution is 2.22. The van der Waals surface area contributed by atoms with Crippen molar-refractivity contribution in [1.29, 1.82) is 0 Å². The molecule has 1 amide bonds. The molecule has 0 bridgehead atoms. The first-order valence-electron chi connectivity index (χ1n) is 9.16. The van der Waals surface area contributed by atoms with Gasteiger partial charge in [0, 0.05) is 25.2 Å². The molecule has 2 heterocycles. The average molecular weight is 498 g/mol. The van der Waals surface area contributed by atoms with E-state index in [9.17, 15) is 9.90 Å². The van der Waals surface area contributed by atoms with Gasteiger partial charge in [-0.15, -0.1) is 24.0 Å². The normalized spacial score (nSPS) is 19.1. The first-order valence-corrected chi connectivity index (χ1v) is 9.16. The van der Waals surface area contributed by atoms with E-state index in [1.807, 2.05) is 37.3 Å². The lowest BCUT2D eigenvalue weighted by Crippen LogP contribution is -2.45. The summed E-state index contributed by atoms with van der Waals surface area (Å²) in [6.07, 6.45) is 1.92. The number of halogens is 1. The van der Waals surface area contributed by atoms with E-state index >= 15 is 0 Å². The van der Waals surface area contributed by atoms with Crippen LogP contribution in [0, 0.1) is 0 Å². The Bertz CT molecular complexity index is 778. The lowest BCUT2D eigenvalue weighted by Gasteiger charge is -2.21. The maximum absolute atomic E-state index is 12.4. The number of nitrogens with one attached hydrogen (secondary N) is 2. The third kappa shape index (κ3) is 5.48. The minimum absolute atomic E-state index is 0. The number of aliphatic imine (C=N–C) groups is 1. The minimum atomic E-state index is -1.20. The Labute approximate surface area is 182 Å². The number of guanidine groups is 1. The molecule has 0 aliphatic carbocycles. The molecule has 0 radical (unpaired) electrons. The van der Waals surface area contributed by atoms with E-state index in [-0.39, 0.29) is 42.5 Å². The third-order valence-electron chi connectivity index (χ3n) is 4.48. The van der Waals surface area contributed by atoms with E-state index in [1.165, 1.54) is 6.26 Å². The Hall–Kier alpha value is -2.07. The molecule has 1 aliphatic rings. The van der Waals surface area contributed by atoms with E-state index in [0.717, 1.165) is 5.69 Å². The van der Waals surface area contributed by atoms with Gasteiger partial charge in [-0.05, 0) is 38.1 Å². The van der Waals surface area contributed by atoms with Crippen LogP contribution in [0.2, 0.25) is 0 Å². The molecule has 8 heteroatoms. The predicted octanol–water partition coefficient (Wildman–Crippen LogP) is 2.47. The van der Waals surface area contributed by atoms with Gasteiger partial charge in [-0.2, -0.15) is 0 Å². The van der Waals surface area contributed by atoms with Gasteiger partial charge in [0.1, 0.15) is 11.4 Å². The summed E-state index contributed by atoms with van der Waals surface area (Å²) in [6.45, 7) is 5.02. The van der Waals surface area contributed by atoms with E-state index in [1.54, 1.807) is 24.0 Å². The Kier molecular flexibility index (Phi) is 7.88. The van der Waals surface area contributed by atoms with Crippen molar-refractivity contribution in [3.05, 3.63) is 54.5 Å². The molecule has 3 N–H and O–H groups in total. The monoisotopic (exact) mass is 498 g/mol. The second-order valence-corrected chi connectivity index (χ2v) is 6.83. The highest BCUT2D eigenvalue weighted by molar-refractivity contribution is 14.0. The van der Waals surface area contributed by atoms with E-state index in [4.69, 9.17) is 4.42 Å². The molecule has 1 aliphatic heterocycles. The average Bonchev–Trinajstić information content (AvgIpc) is 3.31. The second-order valence-electron chi connectivity index (χ2n) is 6.83. The molecular formula is C20H27IN4O3. The number of rotatable bonds is 6. The fourth-order valence-corrected chi connectivity index (χ4v) is 3.07. The van der Waals surface area contributed by atoms with Crippen LogP contribution in [0.25, 0.3) is 0 Å².